The maximum atomic E-state index is 14.7. The number of imidazole rings is 1. The highest BCUT2D eigenvalue weighted by Gasteiger charge is 2.30. The second kappa shape index (κ2) is 11.4. The van der Waals surface area contributed by atoms with Crippen molar-refractivity contribution in [1.82, 2.24) is 23.8 Å². The van der Waals surface area contributed by atoms with Crippen molar-refractivity contribution < 1.29 is 22.0 Å². The highest BCUT2D eigenvalue weighted by molar-refractivity contribution is 7.88. The Morgan fingerprint density at radius 1 is 1.15 bits per heavy atom. The number of anilines is 3. The number of benzene rings is 1. The number of rotatable bonds is 8. The second-order valence-corrected chi connectivity index (χ2v) is 12.9. The van der Waals surface area contributed by atoms with Crippen LogP contribution in [0.15, 0.2) is 18.3 Å². The Morgan fingerprint density at radius 3 is 2.50 bits per heavy atom. The van der Waals surface area contributed by atoms with Gasteiger partial charge >= 0.3 is 0 Å². The average Bonchev–Trinajstić information content (AvgIpc) is 3.23. The van der Waals surface area contributed by atoms with Gasteiger partial charge in [-0.2, -0.15) is 4.98 Å². The topological polar surface area (TPSA) is 148 Å². The zero-order chi connectivity index (χ0) is 28.6. The summed E-state index contributed by atoms with van der Waals surface area (Å²) >= 11 is 5.80. The number of amides is 1. The molecule has 1 amide bonds. The van der Waals surface area contributed by atoms with Gasteiger partial charge in [-0.3, -0.25) is 9.36 Å². The molecule has 1 aliphatic carbocycles. The predicted octanol–water partition coefficient (Wildman–Crippen LogP) is 3.94. The number of piperidine rings is 1. The van der Waals surface area contributed by atoms with E-state index in [1.807, 2.05) is 4.57 Å². The molecule has 0 unspecified atom stereocenters. The number of aromatic nitrogens is 4. The third kappa shape index (κ3) is 6.28. The molecule has 3 aromatic rings. The lowest BCUT2D eigenvalue weighted by molar-refractivity contribution is -0.119. The van der Waals surface area contributed by atoms with E-state index in [9.17, 15) is 22.0 Å². The van der Waals surface area contributed by atoms with E-state index in [0.717, 1.165) is 31.4 Å². The van der Waals surface area contributed by atoms with Gasteiger partial charge in [-0.1, -0.05) is 11.6 Å². The van der Waals surface area contributed by atoms with E-state index in [2.05, 4.69) is 20.6 Å². The van der Waals surface area contributed by atoms with Crippen molar-refractivity contribution in [1.29, 1.82) is 0 Å². The van der Waals surface area contributed by atoms with Gasteiger partial charge < -0.3 is 16.4 Å². The molecule has 40 heavy (non-hydrogen) atoms. The standard InChI is InChI=1S/C25H31ClF2N8O3S/c1-40(38,39)35-8-2-3-16(13-35)31-24-30-12-20-23(34-24)36(17-6-4-14(5-7-17)9-21(29)37)25(32-20)33-22-18(27)10-15(26)11-19(22)28/h10-12,14,16-17H,2-9,13H2,1H3,(H2,29,37)(H,32,33)(H,30,31,34)/t14-,16-,17+/m1/s1. The van der Waals surface area contributed by atoms with Gasteiger partial charge in [0.25, 0.3) is 0 Å². The Hall–Kier alpha value is -3.10. The van der Waals surface area contributed by atoms with Gasteiger partial charge in [0, 0.05) is 36.6 Å². The van der Waals surface area contributed by atoms with Crippen molar-refractivity contribution in [3.8, 4) is 0 Å². The Labute approximate surface area is 235 Å². The molecule has 2 aromatic heterocycles. The molecule has 0 bridgehead atoms. The lowest BCUT2D eigenvalue weighted by Crippen LogP contribution is -2.44. The van der Waals surface area contributed by atoms with Crippen molar-refractivity contribution in [2.75, 3.05) is 30.0 Å². The number of nitrogens with zero attached hydrogens (tertiary/aromatic N) is 5. The molecule has 216 valence electrons. The normalized spacial score (nSPS) is 22.4. The smallest absolute Gasteiger partial charge is 0.225 e. The minimum atomic E-state index is -3.32. The molecule has 5 rings (SSSR count). The first-order valence-electron chi connectivity index (χ1n) is 13.1. The SMILES string of the molecule is CS(=O)(=O)N1CCC[C@@H](Nc2ncc3nc(Nc4c(F)cc(Cl)cc4F)n([C@H]4CC[C@@H](CC(N)=O)CC4)c3n2)C1. The first kappa shape index (κ1) is 28.4. The zero-order valence-corrected chi connectivity index (χ0v) is 23.5. The summed E-state index contributed by atoms with van der Waals surface area (Å²) in [6.45, 7) is 0.764. The highest BCUT2D eigenvalue weighted by Crippen LogP contribution is 2.38. The summed E-state index contributed by atoms with van der Waals surface area (Å²) in [5, 5.41) is 5.97. The number of carbonyl (C=O) groups excluding carboxylic acids is 1. The molecule has 1 aromatic carbocycles. The number of carbonyl (C=O) groups is 1. The van der Waals surface area contributed by atoms with E-state index in [1.165, 1.54) is 16.8 Å². The van der Waals surface area contributed by atoms with Gasteiger partial charge in [0.05, 0.1) is 12.5 Å². The lowest BCUT2D eigenvalue weighted by atomic mass is 9.84. The maximum Gasteiger partial charge on any atom is 0.225 e. The summed E-state index contributed by atoms with van der Waals surface area (Å²) in [6, 6.07) is 1.73. The van der Waals surface area contributed by atoms with Crippen LogP contribution >= 0.6 is 11.6 Å². The van der Waals surface area contributed by atoms with Gasteiger partial charge in [0.1, 0.15) is 11.2 Å². The minimum absolute atomic E-state index is 0.0689. The summed E-state index contributed by atoms with van der Waals surface area (Å²) in [6.07, 6.45) is 7.33. The van der Waals surface area contributed by atoms with Crippen LogP contribution in [0.5, 0.6) is 0 Å². The monoisotopic (exact) mass is 596 g/mol. The lowest BCUT2D eigenvalue weighted by Gasteiger charge is -2.31. The Morgan fingerprint density at radius 2 is 1.85 bits per heavy atom. The Balaban J connectivity index is 1.48. The number of primary amides is 1. The molecule has 2 aliphatic rings. The predicted molar refractivity (Wildman–Crippen MR) is 148 cm³/mol. The fourth-order valence-corrected chi connectivity index (χ4v) is 6.71. The van der Waals surface area contributed by atoms with Crippen molar-refractivity contribution in [3.63, 3.8) is 0 Å². The summed E-state index contributed by atoms with van der Waals surface area (Å²) < 4.78 is 56.7. The number of hydrogen-bond donors (Lipinski definition) is 3. The van der Waals surface area contributed by atoms with Gasteiger partial charge in [0.2, 0.25) is 27.8 Å². The van der Waals surface area contributed by atoms with E-state index in [-0.39, 0.29) is 34.9 Å². The number of nitrogens with two attached hydrogens (primary N) is 1. The summed E-state index contributed by atoms with van der Waals surface area (Å²) in [4.78, 5) is 25.1. The number of fused-ring (bicyclic) bond motifs is 1. The highest BCUT2D eigenvalue weighted by atomic mass is 35.5. The van der Waals surface area contributed by atoms with Crippen molar-refractivity contribution in [2.45, 2.75) is 57.0 Å². The van der Waals surface area contributed by atoms with E-state index < -0.39 is 27.3 Å². The summed E-state index contributed by atoms with van der Waals surface area (Å²) in [5.74, 6) is -1.41. The van der Waals surface area contributed by atoms with Crippen LogP contribution in [-0.4, -0.2) is 63.5 Å². The van der Waals surface area contributed by atoms with Crippen LogP contribution < -0.4 is 16.4 Å². The third-order valence-corrected chi connectivity index (χ3v) is 9.02. The molecule has 1 atom stereocenters. The average molecular weight is 597 g/mol. The van der Waals surface area contributed by atoms with Crippen LogP contribution in [0.3, 0.4) is 0 Å². The van der Waals surface area contributed by atoms with Gasteiger partial charge in [-0.15, -0.1) is 0 Å². The molecular weight excluding hydrogens is 566 g/mol. The Kier molecular flexibility index (Phi) is 8.11. The van der Waals surface area contributed by atoms with Crippen molar-refractivity contribution >= 4 is 56.3 Å². The third-order valence-electron chi connectivity index (χ3n) is 7.53. The van der Waals surface area contributed by atoms with Gasteiger partial charge in [-0.05, 0) is 56.6 Å². The van der Waals surface area contributed by atoms with Crippen LogP contribution in [0.4, 0.5) is 26.4 Å². The summed E-state index contributed by atoms with van der Waals surface area (Å²) in [5.41, 5.74) is 5.89. The second-order valence-electron chi connectivity index (χ2n) is 10.5. The Bertz CT molecular complexity index is 1500. The summed E-state index contributed by atoms with van der Waals surface area (Å²) in [7, 11) is -3.32. The molecule has 11 nitrogen and oxygen atoms in total. The molecule has 1 aliphatic heterocycles. The number of nitrogens with one attached hydrogen (secondary N) is 2. The van der Waals surface area contributed by atoms with Crippen LogP contribution in [-0.2, 0) is 14.8 Å². The van der Waals surface area contributed by atoms with E-state index >= 15 is 0 Å². The number of sulfonamides is 1. The molecule has 4 N–H and O–H groups in total. The minimum Gasteiger partial charge on any atom is -0.370 e. The van der Waals surface area contributed by atoms with Crippen LogP contribution in [0.1, 0.15) is 51.0 Å². The number of halogens is 3. The van der Waals surface area contributed by atoms with Gasteiger partial charge in [0.15, 0.2) is 17.3 Å². The van der Waals surface area contributed by atoms with E-state index in [4.69, 9.17) is 22.3 Å². The quantitative estimate of drug-likeness (QED) is 0.354. The molecule has 1 saturated carbocycles. The fourth-order valence-electron chi connectivity index (χ4n) is 5.60. The van der Waals surface area contributed by atoms with Crippen LogP contribution in [0, 0.1) is 17.6 Å². The van der Waals surface area contributed by atoms with Gasteiger partial charge in [-0.25, -0.2) is 31.5 Å². The first-order valence-corrected chi connectivity index (χ1v) is 15.4. The van der Waals surface area contributed by atoms with Crippen LogP contribution in [0.2, 0.25) is 5.02 Å². The largest absolute Gasteiger partial charge is 0.370 e. The molecular formula is C25H31ClF2N8O3S. The molecule has 0 spiro atoms. The zero-order valence-electron chi connectivity index (χ0n) is 21.9. The van der Waals surface area contributed by atoms with Crippen LogP contribution in [0.25, 0.3) is 11.2 Å². The molecule has 15 heteroatoms. The van der Waals surface area contributed by atoms with E-state index in [1.54, 1.807) is 0 Å². The van der Waals surface area contributed by atoms with Crippen molar-refractivity contribution in [3.05, 3.63) is 35.0 Å². The van der Waals surface area contributed by atoms with Crippen molar-refractivity contribution in [2.24, 2.45) is 11.7 Å². The maximum absolute atomic E-state index is 14.7. The number of hydrogen-bond acceptors (Lipinski definition) is 8. The van der Waals surface area contributed by atoms with E-state index in [0.29, 0.717) is 55.9 Å². The molecule has 1 saturated heterocycles. The molecule has 0 radical (unpaired) electrons. The fraction of sp³-hybridized carbons (Fsp3) is 0.520. The first-order chi connectivity index (χ1) is 19.0. The molecule has 3 heterocycles. The molecule has 2 fully saturated rings.